The summed E-state index contributed by atoms with van der Waals surface area (Å²) in [5.74, 6) is 1.01. The summed E-state index contributed by atoms with van der Waals surface area (Å²) in [5.41, 5.74) is 8.32. The molecule has 0 saturated carbocycles. The number of hydrogen-bond acceptors (Lipinski definition) is 4. The lowest BCUT2D eigenvalue weighted by Crippen LogP contribution is -2.18. The fourth-order valence-corrected chi connectivity index (χ4v) is 3.15. The molecule has 1 aromatic rings. The smallest absolute Gasteiger partial charge is 0.252 e. The van der Waals surface area contributed by atoms with Crippen molar-refractivity contribution in [2.45, 2.75) is 32.1 Å². The van der Waals surface area contributed by atoms with E-state index < -0.39 is 5.91 Å². The van der Waals surface area contributed by atoms with E-state index in [4.69, 9.17) is 5.73 Å². The Morgan fingerprint density at radius 1 is 1.50 bits per heavy atom. The van der Waals surface area contributed by atoms with Gasteiger partial charge in [-0.1, -0.05) is 0 Å². The Hall–Kier alpha value is -1.62. The van der Waals surface area contributed by atoms with E-state index in [2.05, 4.69) is 15.6 Å². The first-order valence-electron chi connectivity index (χ1n) is 7.51. The molecule has 1 saturated heterocycles. The highest BCUT2D eigenvalue weighted by Crippen LogP contribution is 2.25. The fraction of sp³-hybridized carbons (Fsp3) is 0.600. The van der Waals surface area contributed by atoms with Gasteiger partial charge in [-0.2, -0.15) is 0 Å². The summed E-state index contributed by atoms with van der Waals surface area (Å²) in [7, 11) is 0. The molecule has 1 fully saturated rings. The predicted molar refractivity (Wildman–Crippen MR) is 78.9 cm³/mol. The zero-order valence-electron chi connectivity index (χ0n) is 11.7. The van der Waals surface area contributed by atoms with Crippen LogP contribution in [-0.2, 0) is 12.8 Å². The second-order valence-corrected chi connectivity index (χ2v) is 5.78. The van der Waals surface area contributed by atoms with Gasteiger partial charge in [0, 0.05) is 12.2 Å². The number of fused-ring (bicyclic) bond motifs is 1. The third kappa shape index (κ3) is 2.77. The number of nitrogens with two attached hydrogens (primary N) is 1. The number of amides is 1. The molecule has 1 atom stereocenters. The standard InChI is InChI=1S/C15H22N4O/c16-14(20)12-8-11-2-1-3-13(11)19-15(12)18-7-5-10-4-6-17-9-10/h8,10,17H,1-7,9H2,(H2,16,20)(H,18,19). The van der Waals surface area contributed by atoms with Crippen LogP contribution in [0.4, 0.5) is 5.82 Å². The molecule has 0 spiro atoms. The number of nitrogens with zero attached hydrogens (tertiary/aromatic N) is 1. The molecular weight excluding hydrogens is 252 g/mol. The highest BCUT2D eigenvalue weighted by Gasteiger charge is 2.19. The molecular formula is C15H22N4O. The van der Waals surface area contributed by atoms with Crippen molar-refractivity contribution in [3.8, 4) is 0 Å². The molecule has 5 heteroatoms. The van der Waals surface area contributed by atoms with E-state index in [0.717, 1.165) is 56.9 Å². The van der Waals surface area contributed by atoms with Gasteiger partial charge < -0.3 is 16.4 Å². The quantitative estimate of drug-likeness (QED) is 0.750. The summed E-state index contributed by atoms with van der Waals surface area (Å²) in [6, 6.07) is 1.93. The number of aryl methyl sites for hydroxylation is 2. The number of pyridine rings is 1. The Morgan fingerprint density at radius 3 is 3.15 bits per heavy atom. The molecule has 108 valence electrons. The lowest BCUT2D eigenvalue weighted by molar-refractivity contribution is 0.100. The number of primary amides is 1. The van der Waals surface area contributed by atoms with E-state index >= 15 is 0 Å². The topological polar surface area (TPSA) is 80.0 Å². The van der Waals surface area contributed by atoms with E-state index in [9.17, 15) is 4.79 Å². The molecule has 1 amide bonds. The number of carbonyl (C=O) groups is 1. The average Bonchev–Trinajstić information content (AvgIpc) is 3.07. The second-order valence-electron chi connectivity index (χ2n) is 5.78. The number of rotatable bonds is 5. The predicted octanol–water partition coefficient (Wildman–Crippen LogP) is 1.08. The van der Waals surface area contributed by atoms with E-state index in [1.165, 1.54) is 12.0 Å². The van der Waals surface area contributed by atoms with E-state index in [-0.39, 0.29) is 0 Å². The van der Waals surface area contributed by atoms with Crippen molar-refractivity contribution in [1.29, 1.82) is 0 Å². The van der Waals surface area contributed by atoms with E-state index in [0.29, 0.717) is 11.4 Å². The Bertz CT molecular complexity index is 509. The SMILES string of the molecule is NC(=O)c1cc2c(nc1NCCC1CCNC1)CCC2. The first-order valence-corrected chi connectivity index (χ1v) is 7.51. The van der Waals surface area contributed by atoms with Crippen molar-refractivity contribution in [2.75, 3.05) is 25.0 Å². The summed E-state index contributed by atoms with van der Waals surface area (Å²) >= 11 is 0. The van der Waals surface area contributed by atoms with Crippen LogP contribution in [0.2, 0.25) is 0 Å². The maximum absolute atomic E-state index is 11.6. The van der Waals surface area contributed by atoms with Crippen molar-refractivity contribution < 1.29 is 4.79 Å². The monoisotopic (exact) mass is 274 g/mol. The number of nitrogens with one attached hydrogen (secondary N) is 2. The summed E-state index contributed by atoms with van der Waals surface area (Å²) in [6.07, 6.45) is 5.48. The first kappa shape index (κ1) is 13.4. The van der Waals surface area contributed by atoms with Gasteiger partial charge in [0.05, 0.1) is 5.56 Å². The molecule has 2 aliphatic rings. The van der Waals surface area contributed by atoms with Crippen molar-refractivity contribution in [2.24, 2.45) is 11.7 Å². The van der Waals surface area contributed by atoms with Gasteiger partial charge in [0.1, 0.15) is 5.82 Å². The maximum atomic E-state index is 11.6. The zero-order valence-corrected chi connectivity index (χ0v) is 11.7. The minimum atomic E-state index is -0.391. The minimum absolute atomic E-state index is 0.391. The van der Waals surface area contributed by atoms with Crippen LogP contribution in [0.5, 0.6) is 0 Å². The highest BCUT2D eigenvalue weighted by molar-refractivity contribution is 5.97. The Kier molecular flexibility index (Phi) is 3.87. The van der Waals surface area contributed by atoms with Crippen LogP contribution >= 0.6 is 0 Å². The lowest BCUT2D eigenvalue weighted by atomic mass is 10.1. The zero-order chi connectivity index (χ0) is 13.9. The fourth-order valence-electron chi connectivity index (χ4n) is 3.15. The molecule has 2 heterocycles. The normalized spacial score (nSPS) is 20.9. The van der Waals surface area contributed by atoms with Crippen LogP contribution < -0.4 is 16.4 Å². The van der Waals surface area contributed by atoms with Gasteiger partial charge in [-0.25, -0.2) is 4.98 Å². The number of hydrogen-bond donors (Lipinski definition) is 3. The molecule has 5 nitrogen and oxygen atoms in total. The maximum Gasteiger partial charge on any atom is 0.252 e. The molecule has 1 unspecified atom stereocenters. The van der Waals surface area contributed by atoms with E-state index in [1.807, 2.05) is 6.07 Å². The Balaban J connectivity index is 1.69. The largest absolute Gasteiger partial charge is 0.369 e. The van der Waals surface area contributed by atoms with Gasteiger partial charge in [-0.15, -0.1) is 0 Å². The van der Waals surface area contributed by atoms with Gasteiger partial charge in [-0.3, -0.25) is 4.79 Å². The molecule has 1 aromatic heterocycles. The first-order chi connectivity index (χ1) is 9.74. The van der Waals surface area contributed by atoms with Crippen LogP contribution in [-0.4, -0.2) is 30.5 Å². The second kappa shape index (κ2) is 5.79. The van der Waals surface area contributed by atoms with Gasteiger partial charge >= 0.3 is 0 Å². The lowest BCUT2D eigenvalue weighted by Gasteiger charge is -2.13. The molecule has 0 radical (unpaired) electrons. The highest BCUT2D eigenvalue weighted by atomic mass is 16.1. The summed E-state index contributed by atoms with van der Waals surface area (Å²) in [6.45, 7) is 3.06. The Labute approximate surface area is 119 Å². The summed E-state index contributed by atoms with van der Waals surface area (Å²) in [5, 5.41) is 6.68. The van der Waals surface area contributed by atoms with Crippen LogP contribution in [0.1, 0.15) is 40.9 Å². The molecule has 3 rings (SSSR count). The molecule has 4 N–H and O–H groups in total. The van der Waals surface area contributed by atoms with Gasteiger partial charge in [0.15, 0.2) is 0 Å². The van der Waals surface area contributed by atoms with Gasteiger partial charge in [0.25, 0.3) is 5.91 Å². The van der Waals surface area contributed by atoms with Crippen LogP contribution in [0.3, 0.4) is 0 Å². The van der Waals surface area contributed by atoms with Gasteiger partial charge in [-0.05, 0) is 62.7 Å². The summed E-state index contributed by atoms with van der Waals surface area (Å²) in [4.78, 5) is 16.2. The number of anilines is 1. The molecule has 0 aromatic carbocycles. The molecule has 1 aliphatic heterocycles. The Morgan fingerprint density at radius 2 is 2.40 bits per heavy atom. The minimum Gasteiger partial charge on any atom is -0.369 e. The third-order valence-corrected chi connectivity index (χ3v) is 4.32. The molecule has 1 aliphatic carbocycles. The van der Waals surface area contributed by atoms with Crippen molar-refractivity contribution in [3.63, 3.8) is 0 Å². The van der Waals surface area contributed by atoms with Gasteiger partial charge in [0.2, 0.25) is 0 Å². The van der Waals surface area contributed by atoms with Crippen molar-refractivity contribution in [3.05, 3.63) is 22.9 Å². The van der Waals surface area contributed by atoms with Crippen LogP contribution in [0.15, 0.2) is 6.07 Å². The summed E-state index contributed by atoms with van der Waals surface area (Å²) < 4.78 is 0. The van der Waals surface area contributed by atoms with Crippen LogP contribution in [0.25, 0.3) is 0 Å². The van der Waals surface area contributed by atoms with Crippen molar-refractivity contribution in [1.82, 2.24) is 10.3 Å². The van der Waals surface area contributed by atoms with Crippen molar-refractivity contribution >= 4 is 11.7 Å². The third-order valence-electron chi connectivity index (χ3n) is 4.32. The number of carbonyl (C=O) groups excluding carboxylic acids is 1. The average molecular weight is 274 g/mol. The molecule has 20 heavy (non-hydrogen) atoms. The van der Waals surface area contributed by atoms with Crippen LogP contribution in [0, 0.1) is 5.92 Å². The van der Waals surface area contributed by atoms with E-state index in [1.54, 1.807) is 0 Å². The molecule has 0 bridgehead atoms. The number of aromatic nitrogens is 1.